The number of hydrogen-bond acceptors (Lipinski definition) is 3. The highest BCUT2D eigenvalue weighted by Crippen LogP contribution is 2.30. The van der Waals surface area contributed by atoms with Crippen molar-refractivity contribution in [3.63, 3.8) is 0 Å². The number of ether oxygens (including phenoxy) is 2. The molecule has 0 saturated heterocycles. The fourth-order valence-electron chi connectivity index (χ4n) is 2.36. The Morgan fingerprint density at radius 3 is 2.80 bits per heavy atom. The first-order chi connectivity index (χ1) is 9.81. The van der Waals surface area contributed by atoms with Crippen molar-refractivity contribution in [2.75, 3.05) is 19.8 Å². The molecule has 5 nitrogen and oxygen atoms in total. The van der Waals surface area contributed by atoms with Crippen LogP contribution in [0.25, 0.3) is 0 Å². The van der Waals surface area contributed by atoms with E-state index in [4.69, 9.17) is 15.2 Å². The Morgan fingerprint density at radius 2 is 2.05 bits per heavy atom. The van der Waals surface area contributed by atoms with Crippen LogP contribution in [0, 0.1) is 0 Å². The second kappa shape index (κ2) is 6.03. The van der Waals surface area contributed by atoms with Crippen molar-refractivity contribution in [2.24, 2.45) is 10.7 Å². The van der Waals surface area contributed by atoms with Gasteiger partial charge in [-0.25, -0.2) is 0 Å². The fraction of sp³-hybridized carbons (Fsp3) is 0.533. The first-order valence-electron chi connectivity index (χ1n) is 7.26. The zero-order chi connectivity index (χ0) is 13.8. The standard InChI is InChI=1S/C15H21N3O2/c16-15(18-12-2-1-3-12)17-7-6-11-4-5-13-14(10-11)20-9-8-19-13/h4-5,10,12H,1-3,6-9H2,(H3,16,17,18). The van der Waals surface area contributed by atoms with Crippen molar-refractivity contribution >= 4 is 5.96 Å². The van der Waals surface area contributed by atoms with Crippen LogP contribution in [0.15, 0.2) is 23.2 Å². The topological polar surface area (TPSA) is 68.9 Å². The summed E-state index contributed by atoms with van der Waals surface area (Å²) in [6, 6.07) is 6.58. The van der Waals surface area contributed by atoms with Gasteiger partial charge in [0.25, 0.3) is 0 Å². The number of aliphatic imine (C=N–C) groups is 1. The highest BCUT2D eigenvalue weighted by molar-refractivity contribution is 5.78. The number of nitrogens with two attached hydrogens (primary N) is 1. The van der Waals surface area contributed by atoms with Gasteiger partial charge in [0.2, 0.25) is 0 Å². The van der Waals surface area contributed by atoms with Gasteiger partial charge in [0.05, 0.1) is 0 Å². The van der Waals surface area contributed by atoms with Crippen LogP contribution < -0.4 is 20.5 Å². The van der Waals surface area contributed by atoms with Crippen molar-refractivity contribution < 1.29 is 9.47 Å². The van der Waals surface area contributed by atoms with Gasteiger partial charge in [-0.2, -0.15) is 0 Å². The van der Waals surface area contributed by atoms with E-state index < -0.39 is 0 Å². The lowest BCUT2D eigenvalue weighted by molar-refractivity contribution is 0.171. The first-order valence-corrected chi connectivity index (χ1v) is 7.26. The van der Waals surface area contributed by atoms with Crippen LogP contribution in [0.1, 0.15) is 24.8 Å². The largest absolute Gasteiger partial charge is 0.486 e. The molecule has 3 rings (SSSR count). The molecule has 2 aliphatic rings. The van der Waals surface area contributed by atoms with Crippen LogP contribution in [0.5, 0.6) is 11.5 Å². The maximum atomic E-state index is 5.85. The van der Waals surface area contributed by atoms with Crippen LogP contribution in [-0.4, -0.2) is 31.8 Å². The molecule has 1 saturated carbocycles. The summed E-state index contributed by atoms with van der Waals surface area (Å²) in [7, 11) is 0. The Bertz CT molecular complexity index is 498. The van der Waals surface area contributed by atoms with E-state index in [1.165, 1.54) is 24.8 Å². The lowest BCUT2D eigenvalue weighted by Gasteiger charge is -2.26. The average molecular weight is 275 g/mol. The Hall–Kier alpha value is -1.91. The Balaban J connectivity index is 1.51. The summed E-state index contributed by atoms with van der Waals surface area (Å²) in [5, 5.41) is 3.24. The van der Waals surface area contributed by atoms with Gasteiger partial charge in [0.15, 0.2) is 17.5 Å². The van der Waals surface area contributed by atoms with Gasteiger partial charge >= 0.3 is 0 Å². The zero-order valence-corrected chi connectivity index (χ0v) is 11.6. The number of hydrogen-bond donors (Lipinski definition) is 2. The molecular weight excluding hydrogens is 254 g/mol. The molecule has 1 aliphatic carbocycles. The second-order valence-corrected chi connectivity index (χ2v) is 5.27. The molecule has 20 heavy (non-hydrogen) atoms. The van der Waals surface area contributed by atoms with Gasteiger partial charge in [-0.05, 0) is 43.4 Å². The van der Waals surface area contributed by atoms with E-state index in [-0.39, 0.29) is 0 Å². The Kier molecular flexibility index (Phi) is 3.95. The maximum Gasteiger partial charge on any atom is 0.188 e. The quantitative estimate of drug-likeness (QED) is 0.645. The maximum absolute atomic E-state index is 5.85. The molecule has 0 spiro atoms. The van der Waals surface area contributed by atoms with Crippen LogP contribution in [0.4, 0.5) is 0 Å². The first kappa shape index (κ1) is 13.1. The highest BCUT2D eigenvalue weighted by atomic mass is 16.6. The molecule has 5 heteroatoms. The summed E-state index contributed by atoms with van der Waals surface area (Å²) in [5.74, 6) is 2.22. The third kappa shape index (κ3) is 3.15. The Labute approximate surface area is 119 Å². The summed E-state index contributed by atoms with van der Waals surface area (Å²) >= 11 is 0. The van der Waals surface area contributed by atoms with Gasteiger partial charge in [-0.3, -0.25) is 4.99 Å². The molecule has 0 aromatic heterocycles. The average Bonchev–Trinajstić information content (AvgIpc) is 2.43. The zero-order valence-electron chi connectivity index (χ0n) is 11.6. The number of fused-ring (bicyclic) bond motifs is 1. The number of nitrogens with one attached hydrogen (secondary N) is 1. The van der Waals surface area contributed by atoms with E-state index in [9.17, 15) is 0 Å². The minimum Gasteiger partial charge on any atom is -0.486 e. The monoisotopic (exact) mass is 275 g/mol. The van der Waals surface area contributed by atoms with Crippen molar-refractivity contribution in [1.29, 1.82) is 0 Å². The van der Waals surface area contributed by atoms with Crippen LogP contribution in [-0.2, 0) is 6.42 Å². The van der Waals surface area contributed by atoms with Gasteiger partial charge in [-0.1, -0.05) is 6.07 Å². The number of nitrogens with zero attached hydrogens (tertiary/aromatic N) is 1. The van der Waals surface area contributed by atoms with E-state index in [0.717, 1.165) is 17.9 Å². The molecule has 1 fully saturated rings. The van der Waals surface area contributed by atoms with E-state index in [2.05, 4.69) is 16.4 Å². The van der Waals surface area contributed by atoms with Crippen LogP contribution in [0.2, 0.25) is 0 Å². The normalized spacial score (nSPS) is 18.5. The SMILES string of the molecule is NC(=NCCc1ccc2c(c1)OCCO2)NC1CCC1. The number of benzene rings is 1. The van der Waals surface area contributed by atoms with Crippen molar-refractivity contribution in [3.8, 4) is 11.5 Å². The number of rotatable bonds is 4. The lowest BCUT2D eigenvalue weighted by Crippen LogP contribution is -2.43. The molecule has 1 aromatic rings. The molecule has 3 N–H and O–H groups in total. The second-order valence-electron chi connectivity index (χ2n) is 5.27. The van der Waals surface area contributed by atoms with Crippen molar-refractivity contribution in [2.45, 2.75) is 31.7 Å². The summed E-state index contributed by atoms with van der Waals surface area (Å²) in [5.41, 5.74) is 7.04. The van der Waals surface area contributed by atoms with Crippen molar-refractivity contribution in [1.82, 2.24) is 5.32 Å². The molecule has 0 unspecified atom stereocenters. The molecule has 108 valence electrons. The summed E-state index contributed by atoms with van der Waals surface area (Å²) in [6.07, 6.45) is 4.56. The van der Waals surface area contributed by atoms with Crippen LogP contribution >= 0.6 is 0 Å². The number of guanidine groups is 1. The van der Waals surface area contributed by atoms with E-state index in [0.29, 0.717) is 31.8 Å². The summed E-state index contributed by atoms with van der Waals surface area (Å²) in [6.45, 7) is 1.93. The van der Waals surface area contributed by atoms with Crippen molar-refractivity contribution in [3.05, 3.63) is 23.8 Å². The molecule has 1 aliphatic heterocycles. The molecule has 0 bridgehead atoms. The van der Waals surface area contributed by atoms with E-state index in [1.807, 2.05) is 12.1 Å². The summed E-state index contributed by atoms with van der Waals surface area (Å²) < 4.78 is 11.1. The van der Waals surface area contributed by atoms with Gasteiger partial charge in [0, 0.05) is 12.6 Å². The fourth-order valence-corrected chi connectivity index (χ4v) is 2.36. The molecule has 0 atom stereocenters. The minimum absolute atomic E-state index is 0.535. The van der Waals surface area contributed by atoms with Gasteiger partial charge < -0.3 is 20.5 Å². The van der Waals surface area contributed by atoms with Gasteiger partial charge in [-0.15, -0.1) is 0 Å². The predicted octanol–water partition coefficient (Wildman–Crippen LogP) is 1.46. The molecular formula is C15H21N3O2. The third-order valence-corrected chi connectivity index (χ3v) is 3.75. The lowest BCUT2D eigenvalue weighted by atomic mass is 9.93. The predicted molar refractivity (Wildman–Crippen MR) is 78.4 cm³/mol. The van der Waals surface area contributed by atoms with Crippen LogP contribution in [0.3, 0.4) is 0 Å². The highest BCUT2D eigenvalue weighted by Gasteiger charge is 2.17. The summed E-state index contributed by atoms with van der Waals surface area (Å²) in [4.78, 5) is 4.36. The molecule has 1 aromatic carbocycles. The smallest absolute Gasteiger partial charge is 0.188 e. The molecule has 0 amide bonds. The minimum atomic E-state index is 0.535. The third-order valence-electron chi connectivity index (χ3n) is 3.75. The Morgan fingerprint density at radius 1 is 1.25 bits per heavy atom. The molecule has 1 heterocycles. The molecule has 0 radical (unpaired) electrons. The van der Waals surface area contributed by atoms with E-state index in [1.54, 1.807) is 0 Å². The van der Waals surface area contributed by atoms with Gasteiger partial charge in [0.1, 0.15) is 13.2 Å². The van der Waals surface area contributed by atoms with E-state index >= 15 is 0 Å².